The van der Waals surface area contributed by atoms with E-state index in [-0.39, 0.29) is 11.8 Å². The van der Waals surface area contributed by atoms with Crippen LogP contribution in [-0.2, 0) is 28.4 Å². The molecule has 2 aromatic rings. The number of carbonyl (C=O) groups is 1. The van der Waals surface area contributed by atoms with Gasteiger partial charge in [0.05, 0.1) is 11.1 Å². The number of piperidine rings is 1. The highest BCUT2D eigenvalue weighted by atomic mass is 32.2. The molecule has 27 heavy (non-hydrogen) atoms. The van der Waals surface area contributed by atoms with Crippen molar-refractivity contribution in [2.45, 2.75) is 31.2 Å². The van der Waals surface area contributed by atoms with Crippen molar-refractivity contribution >= 4 is 15.9 Å². The Morgan fingerprint density at radius 2 is 1.85 bits per heavy atom. The number of benzene rings is 1. The lowest BCUT2D eigenvalue weighted by Gasteiger charge is -2.32. The quantitative estimate of drug-likeness (QED) is 0.780. The second-order valence-corrected chi connectivity index (χ2v) is 9.15. The summed E-state index contributed by atoms with van der Waals surface area (Å²) < 4.78 is 28.7. The van der Waals surface area contributed by atoms with E-state index in [1.165, 1.54) is 4.31 Å². The van der Waals surface area contributed by atoms with Crippen LogP contribution in [0.4, 0.5) is 0 Å². The SMILES string of the molecule is Cc1ccc(S(=O)(=O)N2CCC(C(=O)N(C)Cc3cnn(C)c3)CC2)cc1. The van der Waals surface area contributed by atoms with Crippen molar-refractivity contribution < 1.29 is 13.2 Å². The number of hydrogen-bond donors (Lipinski definition) is 0. The zero-order chi connectivity index (χ0) is 19.6. The average Bonchev–Trinajstić information content (AvgIpc) is 3.06. The number of carbonyl (C=O) groups excluding carboxylic acids is 1. The zero-order valence-electron chi connectivity index (χ0n) is 16.0. The molecule has 1 aromatic heterocycles. The van der Waals surface area contributed by atoms with Crippen LogP contribution >= 0.6 is 0 Å². The average molecular weight is 391 g/mol. The summed E-state index contributed by atoms with van der Waals surface area (Å²) in [5, 5.41) is 4.12. The normalized spacial score (nSPS) is 16.4. The largest absolute Gasteiger partial charge is 0.341 e. The standard InChI is InChI=1S/C19H26N4O3S/c1-15-4-6-18(7-5-15)27(25,26)23-10-8-17(9-11-23)19(24)21(2)13-16-12-20-22(3)14-16/h4-7,12,14,17H,8-11,13H2,1-3H3. The molecule has 0 N–H and O–H groups in total. The van der Waals surface area contributed by atoms with Crippen molar-refractivity contribution in [2.24, 2.45) is 13.0 Å². The fourth-order valence-electron chi connectivity index (χ4n) is 3.42. The third-order valence-electron chi connectivity index (χ3n) is 5.02. The molecule has 2 heterocycles. The second-order valence-electron chi connectivity index (χ2n) is 7.21. The van der Waals surface area contributed by atoms with Gasteiger partial charge >= 0.3 is 0 Å². The number of sulfonamides is 1. The highest BCUT2D eigenvalue weighted by molar-refractivity contribution is 7.89. The lowest BCUT2D eigenvalue weighted by Crippen LogP contribution is -2.43. The molecule has 3 rings (SSSR count). The van der Waals surface area contributed by atoms with Gasteiger partial charge < -0.3 is 4.90 Å². The Kier molecular flexibility index (Phi) is 5.67. The first-order valence-corrected chi connectivity index (χ1v) is 10.5. The van der Waals surface area contributed by atoms with Gasteiger partial charge in [-0.15, -0.1) is 0 Å². The molecular weight excluding hydrogens is 364 g/mol. The first-order valence-electron chi connectivity index (χ1n) is 9.06. The van der Waals surface area contributed by atoms with E-state index in [1.807, 2.05) is 20.2 Å². The molecule has 146 valence electrons. The molecule has 1 fully saturated rings. The van der Waals surface area contributed by atoms with Gasteiger partial charge in [-0.25, -0.2) is 8.42 Å². The number of aromatic nitrogens is 2. The van der Waals surface area contributed by atoms with Gasteiger partial charge in [0.15, 0.2) is 0 Å². The number of rotatable bonds is 5. The Bertz CT molecular complexity index is 897. The van der Waals surface area contributed by atoms with Crippen LogP contribution in [0.3, 0.4) is 0 Å². The van der Waals surface area contributed by atoms with Crippen molar-refractivity contribution in [3.05, 3.63) is 47.8 Å². The van der Waals surface area contributed by atoms with Gasteiger partial charge in [0.25, 0.3) is 0 Å². The molecule has 0 spiro atoms. The van der Waals surface area contributed by atoms with Gasteiger partial charge in [-0.1, -0.05) is 17.7 Å². The zero-order valence-corrected chi connectivity index (χ0v) is 16.8. The Morgan fingerprint density at radius 3 is 2.41 bits per heavy atom. The molecule has 1 aliphatic rings. The van der Waals surface area contributed by atoms with Gasteiger partial charge in [-0.2, -0.15) is 9.40 Å². The van der Waals surface area contributed by atoms with E-state index >= 15 is 0 Å². The van der Waals surface area contributed by atoms with Crippen LogP contribution in [-0.4, -0.2) is 53.4 Å². The Labute approximate surface area is 160 Å². The van der Waals surface area contributed by atoms with E-state index in [9.17, 15) is 13.2 Å². The highest BCUT2D eigenvalue weighted by Gasteiger charge is 2.33. The summed E-state index contributed by atoms with van der Waals surface area (Å²) in [6, 6.07) is 6.89. The third kappa shape index (κ3) is 4.39. The van der Waals surface area contributed by atoms with E-state index in [1.54, 1.807) is 47.1 Å². The highest BCUT2D eigenvalue weighted by Crippen LogP contribution is 2.25. The van der Waals surface area contributed by atoms with Gasteiger partial charge in [0.1, 0.15) is 0 Å². The molecule has 1 amide bonds. The minimum atomic E-state index is -3.50. The van der Waals surface area contributed by atoms with Crippen molar-refractivity contribution in [2.75, 3.05) is 20.1 Å². The van der Waals surface area contributed by atoms with Crippen LogP contribution in [0.1, 0.15) is 24.0 Å². The van der Waals surface area contributed by atoms with Crippen LogP contribution < -0.4 is 0 Å². The minimum Gasteiger partial charge on any atom is -0.341 e. The molecule has 0 aliphatic carbocycles. The van der Waals surface area contributed by atoms with Crippen LogP contribution in [0.15, 0.2) is 41.6 Å². The molecule has 0 radical (unpaired) electrons. The van der Waals surface area contributed by atoms with Gasteiger partial charge in [-0.3, -0.25) is 9.48 Å². The van der Waals surface area contributed by atoms with Gasteiger partial charge in [0.2, 0.25) is 15.9 Å². The predicted molar refractivity (Wildman–Crippen MR) is 102 cm³/mol. The monoisotopic (exact) mass is 390 g/mol. The summed E-state index contributed by atoms with van der Waals surface area (Å²) in [5.41, 5.74) is 2.00. The summed E-state index contributed by atoms with van der Waals surface area (Å²) in [5.74, 6) is -0.0811. The topological polar surface area (TPSA) is 75.5 Å². The Morgan fingerprint density at radius 1 is 1.22 bits per heavy atom. The minimum absolute atomic E-state index is 0.0613. The summed E-state index contributed by atoms with van der Waals surface area (Å²) in [4.78, 5) is 14.7. The summed E-state index contributed by atoms with van der Waals surface area (Å²) in [7, 11) is 0.129. The fourth-order valence-corrected chi connectivity index (χ4v) is 4.89. The summed E-state index contributed by atoms with van der Waals surface area (Å²) in [6.45, 7) is 3.17. The van der Waals surface area contributed by atoms with E-state index in [0.717, 1.165) is 11.1 Å². The van der Waals surface area contributed by atoms with E-state index < -0.39 is 10.0 Å². The van der Waals surface area contributed by atoms with Crippen LogP contribution in [0, 0.1) is 12.8 Å². The lowest BCUT2D eigenvalue weighted by atomic mass is 9.96. The van der Waals surface area contributed by atoms with Crippen molar-refractivity contribution in [3.8, 4) is 0 Å². The third-order valence-corrected chi connectivity index (χ3v) is 6.93. The van der Waals surface area contributed by atoms with Crippen LogP contribution in [0.25, 0.3) is 0 Å². The molecule has 1 aromatic carbocycles. The molecule has 7 nitrogen and oxygen atoms in total. The molecule has 0 bridgehead atoms. The molecule has 1 saturated heterocycles. The molecule has 0 unspecified atom stereocenters. The molecule has 0 atom stereocenters. The van der Waals surface area contributed by atoms with Crippen LogP contribution in [0.2, 0.25) is 0 Å². The first-order chi connectivity index (χ1) is 12.8. The fraction of sp³-hybridized carbons (Fsp3) is 0.474. The smallest absolute Gasteiger partial charge is 0.243 e. The van der Waals surface area contributed by atoms with Crippen molar-refractivity contribution in [1.29, 1.82) is 0 Å². The Balaban J connectivity index is 1.59. The van der Waals surface area contributed by atoms with Crippen molar-refractivity contribution in [3.63, 3.8) is 0 Å². The summed E-state index contributed by atoms with van der Waals surface area (Å²) in [6.07, 6.45) is 4.73. The maximum Gasteiger partial charge on any atom is 0.243 e. The number of hydrogen-bond acceptors (Lipinski definition) is 4. The molecular formula is C19H26N4O3S. The number of amides is 1. The first kappa shape index (κ1) is 19.6. The maximum absolute atomic E-state index is 12.8. The number of aryl methyl sites for hydroxylation is 2. The lowest BCUT2D eigenvalue weighted by molar-refractivity contribution is -0.135. The molecule has 8 heteroatoms. The molecule has 1 aliphatic heterocycles. The number of nitrogens with zero attached hydrogens (tertiary/aromatic N) is 4. The molecule has 0 saturated carbocycles. The van der Waals surface area contributed by atoms with E-state index in [4.69, 9.17) is 0 Å². The van der Waals surface area contributed by atoms with Gasteiger partial charge in [-0.05, 0) is 31.9 Å². The summed E-state index contributed by atoms with van der Waals surface area (Å²) >= 11 is 0. The maximum atomic E-state index is 12.8. The van der Waals surface area contributed by atoms with E-state index in [0.29, 0.717) is 37.4 Å². The second kappa shape index (κ2) is 7.82. The van der Waals surface area contributed by atoms with Gasteiger partial charge in [0, 0.05) is 51.4 Å². The Hall–Kier alpha value is -2.19. The van der Waals surface area contributed by atoms with Crippen LogP contribution in [0.5, 0.6) is 0 Å². The van der Waals surface area contributed by atoms with Crippen molar-refractivity contribution in [1.82, 2.24) is 19.0 Å². The predicted octanol–water partition coefficient (Wildman–Crippen LogP) is 1.79. The van der Waals surface area contributed by atoms with E-state index in [2.05, 4.69) is 5.10 Å².